The number of carbonyl (C=O) groups is 2. The van der Waals surface area contributed by atoms with Crippen LogP contribution in [-0.4, -0.2) is 39.0 Å². The lowest BCUT2D eigenvalue weighted by atomic mass is 10.2. The second kappa shape index (κ2) is 5.16. The fraction of sp³-hybridized carbons (Fsp3) is 0.583. The third-order valence-electron chi connectivity index (χ3n) is 3.53. The first-order valence-corrected chi connectivity index (χ1v) is 6.92. The summed E-state index contributed by atoms with van der Waals surface area (Å²) in [5.41, 5.74) is 0.773. The van der Waals surface area contributed by atoms with Gasteiger partial charge in [-0.1, -0.05) is 11.3 Å². The monoisotopic (exact) mass is 284 g/mol. The van der Waals surface area contributed by atoms with Gasteiger partial charge in [0.15, 0.2) is 0 Å². The number of hydrogen-bond acceptors (Lipinski definition) is 4. The number of amides is 1. The second-order valence-electron chi connectivity index (χ2n) is 4.68. The van der Waals surface area contributed by atoms with Gasteiger partial charge in [0.25, 0.3) is 0 Å². The van der Waals surface area contributed by atoms with E-state index in [4.69, 9.17) is 5.11 Å². The summed E-state index contributed by atoms with van der Waals surface area (Å²) < 4.78 is 1.42. The third kappa shape index (κ3) is 2.56. The van der Waals surface area contributed by atoms with E-state index in [1.807, 2.05) is 6.92 Å². The number of aromatic nitrogens is 1. The van der Waals surface area contributed by atoms with Gasteiger partial charge in [0, 0.05) is 17.1 Å². The van der Waals surface area contributed by atoms with Crippen molar-refractivity contribution >= 4 is 23.2 Å². The minimum Gasteiger partial charge on any atom is -0.480 e. The van der Waals surface area contributed by atoms with Crippen LogP contribution in [0.4, 0.5) is 0 Å². The SMILES string of the molecule is Cc1sc(=O)n(CC(=O)N2CCC[C@@H]2C(=O)O)c1C. The van der Waals surface area contributed by atoms with Crippen molar-refractivity contribution in [3.63, 3.8) is 0 Å². The minimum absolute atomic E-state index is 0.0706. The van der Waals surface area contributed by atoms with Gasteiger partial charge < -0.3 is 10.0 Å². The molecule has 1 fully saturated rings. The summed E-state index contributed by atoms with van der Waals surface area (Å²) in [6, 6.07) is -0.747. The Hall–Kier alpha value is -1.63. The highest BCUT2D eigenvalue weighted by Gasteiger charge is 2.34. The fourth-order valence-electron chi connectivity index (χ4n) is 2.32. The van der Waals surface area contributed by atoms with Gasteiger partial charge in [-0.15, -0.1) is 0 Å². The molecule has 1 N–H and O–H groups in total. The van der Waals surface area contributed by atoms with Gasteiger partial charge in [0.2, 0.25) is 5.91 Å². The highest BCUT2D eigenvalue weighted by Crippen LogP contribution is 2.18. The van der Waals surface area contributed by atoms with Crippen LogP contribution < -0.4 is 4.87 Å². The molecule has 1 atom stereocenters. The highest BCUT2D eigenvalue weighted by atomic mass is 32.1. The number of carbonyl (C=O) groups excluding carboxylic acids is 1. The molecule has 104 valence electrons. The van der Waals surface area contributed by atoms with Crippen LogP contribution in [0.15, 0.2) is 4.79 Å². The lowest BCUT2D eigenvalue weighted by Gasteiger charge is -2.21. The molecule has 7 heteroatoms. The molecule has 1 saturated heterocycles. The average molecular weight is 284 g/mol. The van der Waals surface area contributed by atoms with Gasteiger partial charge in [-0.05, 0) is 26.7 Å². The van der Waals surface area contributed by atoms with Gasteiger partial charge in [0.1, 0.15) is 12.6 Å². The van der Waals surface area contributed by atoms with Crippen molar-refractivity contribution in [2.24, 2.45) is 0 Å². The number of aryl methyl sites for hydroxylation is 1. The van der Waals surface area contributed by atoms with Gasteiger partial charge in [-0.2, -0.15) is 0 Å². The van der Waals surface area contributed by atoms with E-state index in [0.717, 1.165) is 21.9 Å². The smallest absolute Gasteiger partial charge is 0.326 e. The Morgan fingerprint density at radius 3 is 2.63 bits per heavy atom. The van der Waals surface area contributed by atoms with Crippen LogP contribution >= 0.6 is 11.3 Å². The predicted molar refractivity (Wildman–Crippen MR) is 70.4 cm³/mol. The normalized spacial score (nSPS) is 18.8. The number of carboxylic acids is 1. The van der Waals surface area contributed by atoms with Gasteiger partial charge in [-0.3, -0.25) is 14.2 Å². The molecule has 6 nitrogen and oxygen atoms in total. The van der Waals surface area contributed by atoms with Gasteiger partial charge >= 0.3 is 10.8 Å². The summed E-state index contributed by atoms with van der Waals surface area (Å²) in [5, 5.41) is 9.05. The van der Waals surface area contributed by atoms with E-state index in [1.165, 1.54) is 9.47 Å². The fourth-order valence-corrected chi connectivity index (χ4v) is 3.15. The zero-order chi connectivity index (χ0) is 14.2. The summed E-state index contributed by atoms with van der Waals surface area (Å²) in [6.45, 7) is 4.00. The summed E-state index contributed by atoms with van der Waals surface area (Å²) in [7, 11) is 0. The number of rotatable bonds is 3. The maximum absolute atomic E-state index is 12.2. The number of aliphatic carboxylic acids is 1. The number of carboxylic acid groups (broad SMARTS) is 1. The summed E-state index contributed by atoms with van der Waals surface area (Å²) >= 11 is 1.11. The van der Waals surface area contributed by atoms with E-state index in [-0.39, 0.29) is 17.3 Å². The van der Waals surface area contributed by atoms with Crippen molar-refractivity contribution in [2.45, 2.75) is 39.3 Å². The molecule has 2 rings (SSSR count). The van der Waals surface area contributed by atoms with Crippen molar-refractivity contribution in [1.29, 1.82) is 0 Å². The number of likely N-dealkylation sites (tertiary alicyclic amines) is 1. The van der Waals surface area contributed by atoms with Crippen LogP contribution in [0.1, 0.15) is 23.4 Å². The molecule has 1 aromatic heterocycles. The molecule has 0 aromatic carbocycles. The first-order valence-electron chi connectivity index (χ1n) is 6.11. The molecule has 0 saturated carbocycles. The molecule has 1 aromatic rings. The highest BCUT2D eigenvalue weighted by molar-refractivity contribution is 7.09. The Labute approximate surface area is 114 Å². The van der Waals surface area contributed by atoms with E-state index < -0.39 is 12.0 Å². The van der Waals surface area contributed by atoms with Gasteiger partial charge in [0.05, 0.1) is 0 Å². The molecule has 2 heterocycles. The van der Waals surface area contributed by atoms with Crippen molar-refractivity contribution < 1.29 is 14.7 Å². The Bertz CT molecular complexity index is 575. The van der Waals surface area contributed by atoms with E-state index in [9.17, 15) is 14.4 Å². The van der Waals surface area contributed by atoms with Crippen molar-refractivity contribution in [1.82, 2.24) is 9.47 Å². The second-order valence-corrected chi connectivity index (χ2v) is 5.84. The summed E-state index contributed by atoms with van der Waals surface area (Å²) in [4.78, 5) is 37.0. The van der Waals surface area contributed by atoms with E-state index >= 15 is 0 Å². The topological polar surface area (TPSA) is 79.6 Å². The van der Waals surface area contributed by atoms with Crippen LogP contribution in [-0.2, 0) is 16.1 Å². The Balaban J connectivity index is 2.17. The Morgan fingerprint density at radius 2 is 2.11 bits per heavy atom. The number of nitrogens with zero attached hydrogens (tertiary/aromatic N) is 2. The van der Waals surface area contributed by atoms with Crippen molar-refractivity contribution in [2.75, 3.05) is 6.54 Å². The Morgan fingerprint density at radius 1 is 1.42 bits per heavy atom. The molecule has 0 radical (unpaired) electrons. The number of thiazole rings is 1. The predicted octanol–water partition coefficient (Wildman–Crippen LogP) is 0.602. The maximum atomic E-state index is 12.2. The molecule has 1 aliphatic rings. The Kier molecular flexibility index (Phi) is 3.75. The van der Waals surface area contributed by atoms with E-state index in [1.54, 1.807) is 6.92 Å². The first kappa shape index (κ1) is 13.8. The molecule has 19 heavy (non-hydrogen) atoms. The quantitative estimate of drug-likeness (QED) is 0.881. The lowest BCUT2D eigenvalue weighted by molar-refractivity contribution is -0.148. The summed E-state index contributed by atoms with van der Waals surface area (Å²) in [6.07, 6.45) is 1.18. The third-order valence-corrected chi connectivity index (χ3v) is 4.52. The van der Waals surface area contributed by atoms with Crippen LogP contribution in [0.3, 0.4) is 0 Å². The minimum atomic E-state index is -0.976. The molecular weight excluding hydrogens is 268 g/mol. The van der Waals surface area contributed by atoms with Gasteiger partial charge in [-0.25, -0.2) is 4.79 Å². The standard InChI is InChI=1S/C12H16N2O4S/c1-7-8(2)19-12(18)14(7)6-10(15)13-5-3-4-9(13)11(16)17/h9H,3-6H2,1-2H3,(H,16,17)/t9-/m1/s1. The average Bonchev–Trinajstić information content (AvgIpc) is 2.90. The largest absolute Gasteiger partial charge is 0.480 e. The molecule has 1 amide bonds. The molecule has 0 aliphatic carbocycles. The molecule has 0 spiro atoms. The van der Waals surface area contributed by atoms with Crippen molar-refractivity contribution in [3.05, 3.63) is 20.2 Å². The zero-order valence-electron chi connectivity index (χ0n) is 10.9. The zero-order valence-corrected chi connectivity index (χ0v) is 11.7. The van der Waals surface area contributed by atoms with Crippen LogP contribution in [0.5, 0.6) is 0 Å². The van der Waals surface area contributed by atoms with Crippen LogP contribution in [0, 0.1) is 13.8 Å². The molecule has 0 bridgehead atoms. The van der Waals surface area contributed by atoms with E-state index in [2.05, 4.69) is 0 Å². The lowest BCUT2D eigenvalue weighted by Crippen LogP contribution is -2.42. The van der Waals surface area contributed by atoms with Crippen LogP contribution in [0.25, 0.3) is 0 Å². The van der Waals surface area contributed by atoms with Crippen LogP contribution in [0.2, 0.25) is 0 Å². The molecule has 0 unspecified atom stereocenters. The first-order chi connectivity index (χ1) is 8.91. The van der Waals surface area contributed by atoms with E-state index in [0.29, 0.717) is 19.4 Å². The molecule has 1 aliphatic heterocycles. The number of hydrogen-bond donors (Lipinski definition) is 1. The molecular formula is C12H16N2O4S. The van der Waals surface area contributed by atoms with Crippen molar-refractivity contribution in [3.8, 4) is 0 Å². The maximum Gasteiger partial charge on any atom is 0.326 e. The summed E-state index contributed by atoms with van der Waals surface area (Å²) in [5.74, 6) is -1.27.